The van der Waals surface area contributed by atoms with E-state index in [2.05, 4.69) is 75.2 Å². The first kappa shape index (κ1) is 20.7. The number of H-pyrrole nitrogens is 1. The number of hydrogen-bond acceptors (Lipinski definition) is 2. The third kappa shape index (κ3) is 6.96. The second-order valence-corrected chi connectivity index (χ2v) is 11.1. The maximum absolute atomic E-state index is 12.4. The van der Waals surface area contributed by atoms with Crippen LogP contribution in [-0.2, 0) is 32.9 Å². The molecule has 1 aromatic carbocycles. The summed E-state index contributed by atoms with van der Waals surface area (Å²) in [6.07, 6.45) is 6.76. The monoisotopic (exact) mass is 737 g/mol. The van der Waals surface area contributed by atoms with Crippen LogP contribution in [0.15, 0.2) is 24.3 Å². The van der Waals surface area contributed by atoms with Crippen molar-refractivity contribution in [2.75, 3.05) is 0 Å². The number of aryl methyl sites for hydroxylation is 1. The second-order valence-electron chi connectivity index (χ2n) is 5.82. The van der Waals surface area contributed by atoms with Gasteiger partial charge in [0.25, 0.3) is 0 Å². The molecular weight excluding hydrogens is 716 g/mol. The molecule has 1 aliphatic carbocycles. The van der Waals surface area contributed by atoms with Crippen LogP contribution in [0.3, 0.4) is 0 Å². The number of benzene rings is 1. The molecule has 3 rings (SSSR count). The summed E-state index contributed by atoms with van der Waals surface area (Å²) < 4.78 is 17.4. The Labute approximate surface area is 181 Å². The van der Waals surface area contributed by atoms with E-state index in [9.17, 15) is 4.39 Å². The van der Waals surface area contributed by atoms with E-state index in [0.717, 1.165) is 15.9 Å². The molecule has 0 bridgehead atoms. The molecule has 0 aliphatic heterocycles. The molecule has 0 radical (unpaired) electrons. The van der Waals surface area contributed by atoms with Gasteiger partial charge in [0.15, 0.2) is 0 Å². The number of aromatic amines is 1. The smallest absolute Gasteiger partial charge is 0.123 e. The first-order valence-electron chi connectivity index (χ1n) is 7.88. The van der Waals surface area contributed by atoms with Crippen LogP contribution in [0.2, 0.25) is 0 Å². The van der Waals surface area contributed by atoms with Gasteiger partial charge in [-0.2, -0.15) is 1.33 Å². The first-order chi connectivity index (χ1) is 11.5. The van der Waals surface area contributed by atoms with E-state index in [4.69, 9.17) is 0 Å². The fourth-order valence-corrected chi connectivity index (χ4v) is 3.89. The Bertz CT molecular complexity index is 678. The van der Waals surface area contributed by atoms with Gasteiger partial charge >= 0.3 is 88.8 Å². The van der Waals surface area contributed by atoms with Crippen molar-refractivity contribution in [1.82, 2.24) is 16.1 Å². The van der Waals surface area contributed by atoms with Crippen LogP contribution < -0.4 is 0 Å². The largest absolute Gasteiger partial charge is 0.207 e. The van der Waals surface area contributed by atoms with Gasteiger partial charge in [0.2, 0.25) is 0 Å². The summed E-state index contributed by atoms with van der Waals surface area (Å²) >= 11 is 6.63. The van der Waals surface area contributed by atoms with Gasteiger partial charge in [-0.15, -0.1) is 0 Å². The minimum absolute atomic E-state index is 0.179. The minimum atomic E-state index is -0.179. The van der Waals surface area contributed by atoms with Crippen LogP contribution >= 0.6 is 45.7 Å². The molecule has 1 saturated carbocycles. The fraction of sp³-hybridized carbons (Fsp3) is 0.500. The number of nitrogens with one attached hydrogen (secondary N) is 1. The minimum Gasteiger partial charge on any atom is -0.207 e. The molecule has 1 heterocycles. The molecule has 1 aromatic heterocycles. The van der Waals surface area contributed by atoms with Gasteiger partial charge in [-0.05, 0) is 17.7 Å². The van der Waals surface area contributed by atoms with Crippen molar-refractivity contribution < 1.29 is 23.7 Å². The normalized spacial score (nSPS) is 15.3. The Morgan fingerprint density at radius 3 is 2.38 bits per heavy atom. The zero-order valence-electron chi connectivity index (χ0n) is 13.4. The molecule has 0 atom stereocenters. The van der Waals surface area contributed by atoms with Gasteiger partial charge < -0.3 is 0 Å². The quantitative estimate of drug-likeness (QED) is 0.348. The average molecular weight is 737 g/mol. The molecule has 136 valence electrons. The summed E-state index contributed by atoms with van der Waals surface area (Å²) in [5.74, 6) is 1.69. The van der Waals surface area contributed by atoms with Gasteiger partial charge in [-0.3, -0.25) is 0 Å². The first-order valence-corrected chi connectivity index (χ1v) is 10.9. The standard InChI is InChI=1S/C9H15N3.C7H6FI2N.Pt/c1-12-7-10-9(11-12)8-5-3-2-4-6-8;8-7-3-1-6(2-4-7)5-11(9)10;/h8H,2-6H2,1H3,(H,10,11);1-4H,5H2;. The van der Waals surface area contributed by atoms with E-state index in [0.29, 0.717) is 5.92 Å². The zero-order valence-corrected chi connectivity index (χ0v) is 20.0. The van der Waals surface area contributed by atoms with Crippen LogP contribution in [0.4, 0.5) is 4.39 Å². The van der Waals surface area contributed by atoms with E-state index < -0.39 is 0 Å². The SMILES string of the molecule is Cn1nc(C2CCCCC2)[nH][c]1=[Pt].Fc1ccc(CN(I)I)cc1. The van der Waals surface area contributed by atoms with Crippen molar-refractivity contribution in [3.63, 3.8) is 0 Å². The summed E-state index contributed by atoms with van der Waals surface area (Å²) in [6.45, 7) is 0.835. The fourth-order valence-electron chi connectivity index (χ4n) is 2.69. The Morgan fingerprint density at radius 1 is 1.25 bits per heavy atom. The molecule has 24 heavy (non-hydrogen) atoms. The molecule has 2 aromatic rings. The Kier molecular flexibility index (Phi) is 9.08. The third-order valence-electron chi connectivity index (χ3n) is 3.95. The predicted molar refractivity (Wildman–Crippen MR) is 107 cm³/mol. The van der Waals surface area contributed by atoms with E-state index >= 15 is 0 Å². The molecule has 1 aliphatic rings. The zero-order chi connectivity index (χ0) is 17.5. The number of halogens is 3. The van der Waals surface area contributed by atoms with Crippen LogP contribution in [0, 0.1) is 9.62 Å². The second kappa shape index (κ2) is 10.5. The summed E-state index contributed by atoms with van der Waals surface area (Å²) in [5.41, 5.74) is 1.12. The van der Waals surface area contributed by atoms with Crippen molar-refractivity contribution in [2.24, 2.45) is 7.05 Å². The summed E-state index contributed by atoms with van der Waals surface area (Å²) in [7, 11) is 1.99. The summed E-state index contributed by atoms with van der Waals surface area (Å²) in [6, 6.07) is 6.54. The van der Waals surface area contributed by atoms with Crippen molar-refractivity contribution in [3.05, 3.63) is 45.3 Å². The number of hydrogen-bond donors (Lipinski definition) is 1. The third-order valence-corrected chi connectivity index (χ3v) is 5.65. The Hall–Kier alpha value is 0.398. The van der Waals surface area contributed by atoms with Crippen molar-refractivity contribution >= 4 is 45.7 Å². The van der Waals surface area contributed by atoms with Gasteiger partial charge in [0.05, 0.1) is 0 Å². The van der Waals surface area contributed by atoms with Crippen molar-refractivity contribution in [2.45, 2.75) is 44.6 Å². The van der Waals surface area contributed by atoms with Crippen LogP contribution in [-0.4, -0.2) is 16.1 Å². The number of rotatable bonds is 3. The number of aromatic nitrogens is 3. The van der Waals surface area contributed by atoms with Gasteiger partial charge in [0.1, 0.15) is 5.82 Å². The molecule has 4 nitrogen and oxygen atoms in total. The Balaban J connectivity index is 0.000000177. The maximum Gasteiger partial charge on any atom is 0.123 e. The van der Waals surface area contributed by atoms with Gasteiger partial charge in [0, 0.05) is 52.3 Å². The van der Waals surface area contributed by atoms with Crippen LogP contribution in [0.5, 0.6) is 0 Å². The predicted octanol–water partition coefficient (Wildman–Crippen LogP) is 5.20. The average Bonchev–Trinajstić information content (AvgIpc) is 2.90. The van der Waals surface area contributed by atoms with Crippen LogP contribution in [0.25, 0.3) is 0 Å². The molecule has 8 heteroatoms. The van der Waals surface area contributed by atoms with Crippen molar-refractivity contribution in [3.8, 4) is 0 Å². The Morgan fingerprint density at radius 2 is 1.88 bits per heavy atom. The maximum atomic E-state index is 12.4. The van der Waals surface area contributed by atoms with Gasteiger partial charge in [-0.1, -0.05) is 12.1 Å². The van der Waals surface area contributed by atoms with Crippen LogP contribution in [0.1, 0.15) is 49.4 Å². The molecular formula is C16H21FI2N4Pt. The molecule has 0 spiro atoms. The van der Waals surface area contributed by atoms with E-state index in [1.807, 2.05) is 13.1 Å². The van der Waals surface area contributed by atoms with E-state index in [1.165, 1.54) is 50.1 Å². The molecule has 0 unspecified atom stereocenters. The molecule has 0 saturated heterocycles. The van der Waals surface area contributed by atoms with E-state index in [-0.39, 0.29) is 5.82 Å². The van der Waals surface area contributed by atoms with E-state index in [1.54, 1.807) is 12.1 Å². The summed E-state index contributed by atoms with van der Waals surface area (Å²) in [5, 5.41) is 4.49. The van der Waals surface area contributed by atoms with Crippen molar-refractivity contribution in [1.29, 1.82) is 0 Å². The molecule has 1 N–H and O–H groups in total. The number of nitrogens with zero attached hydrogens (tertiary/aromatic N) is 3. The van der Waals surface area contributed by atoms with Gasteiger partial charge in [-0.25, -0.2) is 4.39 Å². The summed E-state index contributed by atoms with van der Waals surface area (Å²) in [4.78, 5) is 3.35. The topological polar surface area (TPSA) is 36.9 Å². The molecule has 1 fully saturated rings. The molecule has 0 amide bonds.